The van der Waals surface area contributed by atoms with Crippen molar-refractivity contribution in [1.82, 2.24) is 9.88 Å². The van der Waals surface area contributed by atoms with E-state index in [1.54, 1.807) is 6.08 Å². The first-order valence-corrected chi connectivity index (χ1v) is 11.7. The fourth-order valence-corrected chi connectivity index (χ4v) is 5.29. The number of hydrogen-bond donors (Lipinski definition) is 0. The van der Waals surface area contributed by atoms with E-state index in [2.05, 4.69) is 51.9 Å². The van der Waals surface area contributed by atoms with Gasteiger partial charge in [0.2, 0.25) is 0 Å². The second kappa shape index (κ2) is 9.34. The molecule has 0 spiro atoms. The molecule has 5 heteroatoms. The first-order chi connectivity index (χ1) is 14.5. The molecule has 0 bridgehead atoms. The molecule has 1 aliphatic rings. The summed E-state index contributed by atoms with van der Waals surface area (Å²) in [5.41, 5.74) is 4.15. The van der Waals surface area contributed by atoms with Crippen LogP contribution in [0.25, 0.3) is 17.3 Å². The lowest BCUT2D eigenvalue weighted by Gasteiger charge is -2.15. The second-order valence-electron chi connectivity index (χ2n) is 7.85. The Balaban J connectivity index is 1.39. The Hall–Kier alpha value is -2.13. The third-order valence-electron chi connectivity index (χ3n) is 5.71. The quantitative estimate of drug-likeness (QED) is 0.373. The Morgan fingerprint density at radius 3 is 2.67 bits per heavy atom. The number of likely N-dealkylation sites (tertiary alicyclic amines) is 1. The number of thiazole rings is 1. The highest BCUT2D eigenvalue weighted by Gasteiger charge is 2.28. The zero-order valence-electron chi connectivity index (χ0n) is 17.3. The van der Waals surface area contributed by atoms with E-state index < -0.39 is 0 Å². The summed E-state index contributed by atoms with van der Waals surface area (Å²) in [6, 6.07) is 16.2. The number of aryl methyl sites for hydroxylation is 1. The molecule has 2 heterocycles. The number of hydrogen-bond acceptors (Lipinski definition) is 4. The van der Waals surface area contributed by atoms with Crippen LogP contribution in [0.15, 0.2) is 55.1 Å². The van der Waals surface area contributed by atoms with E-state index in [0.717, 1.165) is 47.9 Å². The molecule has 2 atom stereocenters. The summed E-state index contributed by atoms with van der Waals surface area (Å²) in [6.45, 7) is 8.70. The first-order valence-electron chi connectivity index (χ1n) is 10.3. The van der Waals surface area contributed by atoms with Gasteiger partial charge in [0.15, 0.2) is 5.78 Å². The molecule has 1 aromatic heterocycles. The zero-order chi connectivity index (χ0) is 21.1. The van der Waals surface area contributed by atoms with Crippen molar-refractivity contribution in [2.75, 3.05) is 19.6 Å². The van der Waals surface area contributed by atoms with Gasteiger partial charge in [-0.3, -0.25) is 4.79 Å². The van der Waals surface area contributed by atoms with Crippen molar-refractivity contribution >= 4 is 37.7 Å². The lowest BCUT2D eigenvalue weighted by Crippen LogP contribution is -2.23. The predicted octanol–water partition coefficient (Wildman–Crippen LogP) is 5.32. The zero-order valence-corrected chi connectivity index (χ0v) is 19.3. The van der Waals surface area contributed by atoms with E-state index in [0.29, 0.717) is 12.3 Å². The van der Waals surface area contributed by atoms with Gasteiger partial charge in [-0.15, -0.1) is 20.6 Å². The van der Waals surface area contributed by atoms with Crippen LogP contribution in [0.3, 0.4) is 0 Å². The molecule has 0 N–H and O–H groups in total. The molecule has 4 rings (SSSR count). The van der Waals surface area contributed by atoms with Crippen molar-refractivity contribution < 1.29 is 4.79 Å². The van der Waals surface area contributed by atoms with Crippen molar-refractivity contribution in [1.29, 1.82) is 0 Å². The van der Waals surface area contributed by atoms with Crippen molar-refractivity contribution in [3.63, 3.8) is 0 Å². The van der Waals surface area contributed by atoms with Crippen molar-refractivity contribution in [3.8, 4) is 11.3 Å². The number of aromatic nitrogens is 1. The van der Waals surface area contributed by atoms with Gasteiger partial charge >= 0.3 is 0 Å². The monoisotopic (exact) mass is 434 g/mol. The molecule has 3 aromatic rings. The van der Waals surface area contributed by atoms with Crippen LogP contribution in [0.4, 0.5) is 0 Å². The smallest absolute Gasteiger partial charge is 0.164 e. The van der Waals surface area contributed by atoms with Gasteiger partial charge in [0.25, 0.3) is 0 Å². The molecule has 30 heavy (non-hydrogen) atoms. The largest absolute Gasteiger partial charge is 0.302 e. The molecule has 2 aromatic carbocycles. The van der Waals surface area contributed by atoms with Crippen molar-refractivity contribution in [2.45, 2.75) is 25.7 Å². The SMILES string of the molecule is C=Cc1ccc(C(=O)CCN2CCC(c3sc(C)nc3-c3ccc(P)cc3)C2)cc1. The summed E-state index contributed by atoms with van der Waals surface area (Å²) in [5.74, 6) is 0.699. The molecule has 3 nitrogen and oxygen atoms in total. The molecule has 1 saturated heterocycles. The van der Waals surface area contributed by atoms with Crippen LogP contribution < -0.4 is 5.30 Å². The number of nitrogens with zero attached hydrogens (tertiary/aromatic N) is 2. The van der Waals surface area contributed by atoms with E-state index in [9.17, 15) is 4.79 Å². The number of carbonyl (C=O) groups excluding carboxylic acids is 1. The van der Waals surface area contributed by atoms with Crippen LogP contribution in [0.2, 0.25) is 0 Å². The van der Waals surface area contributed by atoms with Crippen LogP contribution in [0.1, 0.15) is 44.6 Å². The lowest BCUT2D eigenvalue weighted by atomic mass is 10.0. The minimum absolute atomic E-state index is 0.209. The summed E-state index contributed by atoms with van der Waals surface area (Å²) in [6.07, 6.45) is 3.48. The second-order valence-corrected chi connectivity index (χ2v) is 9.75. The number of benzene rings is 2. The van der Waals surface area contributed by atoms with Gasteiger partial charge in [0, 0.05) is 41.4 Å². The van der Waals surface area contributed by atoms with Gasteiger partial charge in [0.05, 0.1) is 10.7 Å². The number of rotatable bonds is 7. The predicted molar refractivity (Wildman–Crippen MR) is 131 cm³/mol. The van der Waals surface area contributed by atoms with Crippen molar-refractivity contribution in [3.05, 3.63) is 76.1 Å². The molecule has 0 saturated carbocycles. The first kappa shape index (κ1) is 21.1. The fourth-order valence-electron chi connectivity index (χ4n) is 4.03. The van der Waals surface area contributed by atoms with Gasteiger partial charge in [-0.2, -0.15) is 0 Å². The van der Waals surface area contributed by atoms with Crippen LogP contribution in [0, 0.1) is 6.92 Å². The number of carbonyl (C=O) groups is 1. The Morgan fingerprint density at radius 2 is 1.97 bits per heavy atom. The minimum Gasteiger partial charge on any atom is -0.302 e. The van der Waals surface area contributed by atoms with Crippen LogP contribution in [-0.2, 0) is 0 Å². The van der Waals surface area contributed by atoms with Crippen molar-refractivity contribution in [2.24, 2.45) is 0 Å². The maximum Gasteiger partial charge on any atom is 0.164 e. The Labute approximate surface area is 185 Å². The lowest BCUT2D eigenvalue weighted by molar-refractivity contribution is 0.0968. The molecular formula is C25H27N2OPS. The molecule has 0 aliphatic carbocycles. The Morgan fingerprint density at radius 1 is 1.23 bits per heavy atom. The van der Waals surface area contributed by atoms with Gasteiger partial charge in [-0.1, -0.05) is 61.2 Å². The summed E-state index contributed by atoms with van der Waals surface area (Å²) in [4.78, 5) is 21.2. The van der Waals surface area contributed by atoms with E-state index in [4.69, 9.17) is 4.98 Å². The van der Waals surface area contributed by atoms with Crippen LogP contribution in [0.5, 0.6) is 0 Å². The highest BCUT2D eigenvalue weighted by atomic mass is 32.1. The van der Waals surface area contributed by atoms with Gasteiger partial charge in [-0.25, -0.2) is 4.98 Å². The molecule has 0 radical (unpaired) electrons. The molecule has 154 valence electrons. The van der Waals surface area contributed by atoms with E-state index in [-0.39, 0.29) is 5.78 Å². The molecule has 0 amide bonds. The minimum atomic E-state index is 0.209. The molecule has 1 aliphatic heterocycles. The third kappa shape index (κ3) is 4.78. The number of ketones is 1. The average Bonchev–Trinajstić information content (AvgIpc) is 3.39. The third-order valence-corrected chi connectivity index (χ3v) is 7.23. The highest BCUT2D eigenvalue weighted by Crippen LogP contribution is 2.38. The highest BCUT2D eigenvalue weighted by molar-refractivity contribution is 7.27. The topological polar surface area (TPSA) is 33.2 Å². The molecule has 1 fully saturated rings. The maximum atomic E-state index is 12.6. The van der Waals surface area contributed by atoms with Gasteiger partial charge in [0.1, 0.15) is 0 Å². The molecular weight excluding hydrogens is 407 g/mol. The summed E-state index contributed by atoms with van der Waals surface area (Å²) in [5, 5.41) is 2.30. The standard InChI is InChI=1S/C25H27N2OPS/c1-3-18-4-6-19(7-5-18)23(28)13-15-27-14-12-21(16-27)25-24(26-17(2)30-25)20-8-10-22(29)11-9-20/h3-11,21H,1,12-16,29H2,2H3. The maximum absolute atomic E-state index is 12.6. The van der Waals surface area contributed by atoms with Gasteiger partial charge in [-0.05, 0) is 30.8 Å². The Kier molecular flexibility index (Phi) is 6.58. The molecule has 2 unspecified atom stereocenters. The average molecular weight is 435 g/mol. The van der Waals surface area contributed by atoms with E-state index >= 15 is 0 Å². The van der Waals surface area contributed by atoms with E-state index in [1.807, 2.05) is 35.6 Å². The number of Topliss-reactive ketones (excluding diaryl/α,β-unsaturated/α-hetero) is 1. The van der Waals surface area contributed by atoms with Crippen LogP contribution >= 0.6 is 20.6 Å². The fraction of sp³-hybridized carbons (Fsp3) is 0.280. The van der Waals surface area contributed by atoms with Gasteiger partial charge < -0.3 is 4.90 Å². The summed E-state index contributed by atoms with van der Waals surface area (Å²) < 4.78 is 0. The summed E-state index contributed by atoms with van der Waals surface area (Å²) >= 11 is 1.82. The Bertz CT molecular complexity index is 1040. The van der Waals surface area contributed by atoms with E-state index in [1.165, 1.54) is 15.7 Å². The van der Waals surface area contributed by atoms with Crippen LogP contribution in [-0.4, -0.2) is 35.3 Å². The summed E-state index contributed by atoms with van der Waals surface area (Å²) in [7, 11) is 2.73. The normalized spacial score (nSPS) is 16.7.